The summed E-state index contributed by atoms with van der Waals surface area (Å²) in [5.41, 5.74) is 1.16. The van der Waals surface area contributed by atoms with Gasteiger partial charge < -0.3 is 19.6 Å². The minimum Gasteiger partial charge on any atom is -0.478 e. The third-order valence-corrected chi connectivity index (χ3v) is 1.97. The minimum atomic E-state index is -0.982. The van der Waals surface area contributed by atoms with Crippen LogP contribution in [0.15, 0.2) is 28.9 Å². The lowest BCUT2D eigenvalue weighted by molar-refractivity contribution is 0.0696. The molecule has 17 heavy (non-hydrogen) atoms. The molecule has 2 N–H and O–H groups in total. The van der Waals surface area contributed by atoms with E-state index < -0.39 is 5.97 Å². The van der Waals surface area contributed by atoms with Gasteiger partial charge in [-0.05, 0) is 13.0 Å². The molecule has 0 radical (unpaired) electrons. The van der Waals surface area contributed by atoms with Gasteiger partial charge in [0.15, 0.2) is 0 Å². The first-order chi connectivity index (χ1) is 8.09. The van der Waals surface area contributed by atoms with Gasteiger partial charge in [0.05, 0.1) is 25.3 Å². The van der Waals surface area contributed by atoms with E-state index in [1.165, 1.54) is 12.3 Å². The van der Waals surface area contributed by atoms with E-state index in [1.54, 1.807) is 0 Å². The second-order valence-corrected chi connectivity index (χ2v) is 3.79. The standard InChI is InChI=1S/C12H17NO4/c1-9(2)7-16-4-3-13-6-11-5-10(8-17-11)12(14)15/h5,8,13H,1,3-4,6-7H2,2H3,(H,14,15). The first kappa shape index (κ1) is 13.5. The molecule has 1 heterocycles. The van der Waals surface area contributed by atoms with Crippen molar-refractivity contribution in [2.45, 2.75) is 13.5 Å². The smallest absolute Gasteiger partial charge is 0.338 e. The molecule has 0 bridgehead atoms. The summed E-state index contributed by atoms with van der Waals surface area (Å²) in [4.78, 5) is 10.6. The van der Waals surface area contributed by atoms with E-state index in [4.69, 9.17) is 14.3 Å². The Kier molecular flexibility index (Phi) is 5.45. The number of nitrogens with one attached hydrogen (secondary N) is 1. The molecule has 0 aliphatic heterocycles. The van der Waals surface area contributed by atoms with E-state index in [2.05, 4.69) is 11.9 Å². The first-order valence-corrected chi connectivity index (χ1v) is 5.33. The highest BCUT2D eigenvalue weighted by molar-refractivity contribution is 5.87. The van der Waals surface area contributed by atoms with Crippen molar-refractivity contribution in [2.75, 3.05) is 19.8 Å². The van der Waals surface area contributed by atoms with Crippen LogP contribution in [0.2, 0.25) is 0 Å². The second kappa shape index (κ2) is 6.88. The molecule has 0 saturated carbocycles. The van der Waals surface area contributed by atoms with Gasteiger partial charge in [-0.1, -0.05) is 12.2 Å². The predicted molar refractivity (Wildman–Crippen MR) is 63.0 cm³/mol. The van der Waals surface area contributed by atoms with Crippen LogP contribution < -0.4 is 5.32 Å². The van der Waals surface area contributed by atoms with Crippen molar-refractivity contribution < 1.29 is 19.1 Å². The third kappa shape index (κ3) is 5.33. The summed E-state index contributed by atoms with van der Waals surface area (Å²) in [7, 11) is 0. The summed E-state index contributed by atoms with van der Waals surface area (Å²) >= 11 is 0. The Bertz CT molecular complexity index is 384. The Hall–Kier alpha value is -1.59. The summed E-state index contributed by atoms with van der Waals surface area (Å²) in [6.45, 7) is 7.94. The number of rotatable bonds is 8. The van der Waals surface area contributed by atoms with Gasteiger partial charge in [0, 0.05) is 6.54 Å². The first-order valence-electron chi connectivity index (χ1n) is 5.33. The van der Waals surface area contributed by atoms with Gasteiger partial charge in [-0.15, -0.1) is 0 Å². The van der Waals surface area contributed by atoms with E-state index in [-0.39, 0.29) is 5.56 Å². The van der Waals surface area contributed by atoms with Gasteiger partial charge >= 0.3 is 5.97 Å². The fourth-order valence-electron chi connectivity index (χ4n) is 1.19. The largest absolute Gasteiger partial charge is 0.478 e. The Morgan fingerprint density at radius 1 is 1.65 bits per heavy atom. The van der Waals surface area contributed by atoms with Gasteiger partial charge in [-0.3, -0.25) is 0 Å². The number of carboxylic acid groups (broad SMARTS) is 1. The van der Waals surface area contributed by atoms with E-state index in [0.29, 0.717) is 32.1 Å². The molecule has 0 atom stereocenters. The maximum absolute atomic E-state index is 10.6. The second-order valence-electron chi connectivity index (χ2n) is 3.79. The molecule has 1 aromatic heterocycles. The van der Waals surface area contributed by atoms with Gasteiger partial charge in [0.2, 0.25) is 0 Å². The van der Waals surface area contributed by atoms with Gasteiger partial charge in [-0.2, -0.15) is 0 Å². The topological polar surface area (TPSA) is 71.7 Å². The lowest BCUT2D eigenvalue weighted by Crippen LogP contribution is -2.19. The lowest BCUT2D eigenvalue weighted by Gasteiger charge is -2.04. The van der Waals surface area contributed by atoms with Crippen molar-refractivity contribution in [3.8, 4) is 0 Å². The molecular weight excluding hydrogens is 222 g/mol. The van der Waals surface area contributed by atoms with Crippen LogP contribution in [0.5, 0.6) is 0 Å². The molecule has 94 valence electrons. The normalized spacial score (nSPS) is 10.4. The van der Waals surface area contributed by atoms with Crippen LogP contribution in [0.4, 0.5) is 0 Å². The third-order valence-electron chi connectivity index (χ3n) is 1.97. The molecule has 0 unspecified atom stereocenters. The van der Waals surface area contributed by atoms with E-state index >= 15 is 0 Å². The van der Waals surface area contributed by atoms with Crippen molar-refractivity contribution in [2.24, 2.45) is 0 Å². The van der Waals surface area contributed by atoms with Crippen LogP contribution in [0.3, 0.4) is 0 Å². The minimum absolute atomic E-state index is 0.167. The van der Waals surface area contributed by atoms with Crippen molar-refractivity contribution in [3.05, 3.63) is 35.8 Å². The van der Waals surface area contributed by atoms with E-state index in [9.17, 15) is 4.79 Å². The van der Waals surface area contributed by atoms with Crippen molar-refractivity contribution in [3.63, 3.8) is 0 Å². The molecule has 0 amide bonds. The van der Waals surface area contributed by atoms with E-state index in [1.807, 2.05) is 6.92 Å². The average molecular weight is 239 g/mol. The van der Waals surface area contributed by atoms with Crippen LogP contribution >= 0.6 is 0 Å². The SMILES string of the molecule is C=C(C)COCCNCc1cc(C(=O)O)co1. The van der Waals surface area contributed by atoms with Crippen molar-refractivity contribution in [1.82, 2.24) is 5.32 Å². The highest BCUT2D eigenvalue weighted by Gasteiger charge is 2.07. The summed E-state index contributed by atoms with van der Waals surface area (Å²) in [5, 5.41) is 11.8. The summed E-state index contributed by atoms with van der Waals surface area (Å²) in [6.07, 6.45) is 1.23. The van der Waals surface area contributed by atoms with Crippen LogP contribution in [-0.4, -0.2) is 30.8 Å². The molecule has 0 aromatic carbocycles. The van der Waals surface area contributed by atoms with Crippen LogP contribution in [0.25, 0.3) is 0 Å². The van der Waals surface area contributed by atoms with Crippen LogP contribution in [0.1, 0.15) is 23.0 Å². The highest BCUT2D eigenvalue weighted by atomic mass is 16.5. The van der Waals surface area contributed by atoms with Crippen LogP contribution in [-0.2, 0) is 11.3 Å². The number of carbonyl (C=O) groups is 1. The molecule has 1 rings (SSSR count). The molecule has 1 aromatic rings. The fraction of sp³-hybridized carbons (Fsp3) is 0.417. The Labute approximate surface area is 100 Å². The quantitative estimate of drug-likeness (QED) is 0.533. The maximum Gasteiger partial charge on any atom is 0.338 e. The highest BCUT2D eigenvalue weighted by Crippen LogP contribution is 2.07. The number of hydrogen-bond donors (Lipinski definition) is 2. The van der Waals surface area contributed by atoms with Gasteiger partial charge in [0.1, 0.15) is 12.0 Å². The number of aromatic carboxylic acids is 1. The molecule has 0 fully saturated rings. The Balaban J connectivity index is 2.13. The van der Waals surface area contributed by atoms with E-state index in [0.717, 1.165) is 5.57 Å². The summed E-state index contributed by atoms with van der Waals surface area (Å²) in [5.74, 6) is -0.382. The number of carboxylic acids is 1. The average Bonchev–Trinajstić information content (AvgIpc) is 2.71. The molecule has 0 aliphatic rings. The molecule has 0 spiro atoms. The predicted octanol–water partition coefficient (Wildman–Crippen LogP) is 1.66. The molecule has 5 heteroatoms. The van der Waals surface area contributed by atoms with Crippen molar-refractivity contribution >= 4 is 5.97 Å². The number of ether oxygens (including phenoxy) is 1. The molecule has 5 nitrogen and oxygen atoms in total. The monoisotopic (exact) mass is 239 g/mol. The Morgan fingerprint density at radius 2 is 2.41 bits per heavy atom. The molecular formula is C12H17NO4. The van der Waals surface area contributed by atoms with Crippen LogP contribution in [0, 0.1) is 0 Å². The summed E-state index contributed by atoms with van der Waals surface area (Å²) in [6, 6.07) is 1.50. The zero-order chi connectivity index (χ0) is 12.7. The van der Waals surface area contributed by atoms with Gasteiger partial charge in [0.25, 0.3) is 0 Å². The summed E-state index contributed by atoms with van der Waals surface area (Å²) < 4.78 is 10.4. The molecule has 0 aliphatic carbocycles. The lowest BCUT2D eigenvalue weighted by atomic mass is 10.3. The van der Waals surface area contributed by atoms with Crippen molar-refractivity contribution in [1.29, 1.82) is 0 Å². The fourth-order valence-corrected chi connectivity index (χ4v) is 1.19. The number of furan rings is 1. The number of hydrogen-bond acceptors (Lipinski definition) is 4. The Morgan fingerprint density at radius 3 is 3.00 bits per heavy atom. The molecule has 0 saturated heterocycles. The zero-order valence-electron chi connectivity index (χ0n) is 9.86. The van der Waals surface area contributed by atoms with Gasteiger partial charge in [-0.25, -0.2) is 4.79 Å². The maximum atomic E-state index is 10.6. The zero-order valence-corrected chi connectivity index (χ0v) is 9.86.